The Labute approximate surface area is 130 Å². The van der Waals surface area contributed by atoms with Gasteiger partial charge in [0.15, 0.2) is 0 Å². The van der Waals surface area contributed by atoms with Crippen LogP contribution in [0.15, 0.2) is 54.6 Å². The molecule has 2 aromatic rings. The third-order valence-electron chi connectivity index (χ3n) is 3.81. The summed E-state index contributed by atoms with van der Waals surface area (Å²) < 4.78 is 5.73. The Balaban J connectivity index is 1.58. The molecule has 0 bridgehead atoms. The zero-order chi connectivity index (χ0) is 15.2. The minimum atomic E-state index is 0.109. The first-order valence-corrected chi connectivity index (χ1v) is 7.66. The number of carbonyl (C=O) groups excluding carboxylic acids is 1. The monoisotopic (exact) mass is 296 g/mol. The van der Waals surface area contributed by atoms with Gasteiger partial charge >= 0.3 is 0 Å². The summed E-state index contributed by atoms with van der Waals surface area (Å²) in [4.78, 5) is 12.2. The van der Waals surface area contributed by atoms with Crippen molar-refractivity contribution in [2.45, 2.75) is 12.8 Å². The van der Waals surface area contributed by atoms with Gasteiger partial charge in [-0.25, -0.2) is 0 Å². The number of nitrogens with one attached hydrogen (secondary N) is 2. The van der Waals surface area contributed by atoms with Crippen molar-refractivity contribution < 1.29 is 9.53 Å². The lowest BCUT2D eigenvalue weighted by Crippen LogP contribution is -2.34. The summed E-state index contributed by atoms with van der Waals surface area (Å²) in [6.45, 7) is 1.84. The number of hydrogen-bond donors (Lipinski definition) is 2. The molecule has 1 saturated heterocycles. The van der Waals surface area contributed by atoms with Crippen molar-refractivity contribution in [1.29, 1.82) is 0 Å². The number of ether oxygens (including phenoxy) is 1. The zero-order valence-corrected chi connectivity index (χ0v) is 12.4. The Bertz CT molecular complexity index is 605. The van der Waals surface area contributed by atoms with Crippen molar-refractivity contribution >= 4 is 11.6 Å². The zero-order valence-electron chi connectivity index (χ0n) is 12.4. The van der Waals surface area contributed by atoms with Crippen LogP contribution in [-0.4, -0.2) is 19.0 Å². The lowest BCUT2D eigenvalue weighted by molar-refractivity contribution is -0.120. The molecule has 22 heavy (non-hydrogen) atoms. The molecule has 0 saturated carbocycles. The molecule has 0 unspecified atom stereocenters. The third kappa shape index (κ3) is 3.86. The molecule has 114 valence electrons. The fourth-order valence-corrected chi connectivity index (χ4v) is 2.56. The summed E-state index contributed by atoms with van der Waals surface area (Å²) in [7, 11) is 0. The van der Waals surface area contributed by atoms with Gasteiger partial charge in [-0.05, 0) is 62.3 Å². The van der Waals surface area contributed by atoms with Crippen molar-refractivity contribution in [2.75, 3.05) is 18.4 Å². The number of anilines is 1. The van der Waals surface area contributed by atoms with Crippen LogP contribution in [0.1, 0.15) is 12.8 Å². The van der Waals surface area contributed by atoms with E-state index in [9.17, 15) is 4.79 Å². The molecule has 0 spiro atoms. The maximum absolute atomic E-state index is 12.2. The Morgan fingerprint density at radius 1 is 0.955 bits per heavy atom. The standard InChI is InChI=1S/C18H20N2O2/c21-18(14-10-12-19-13-11-14)20-15-6-8-17(9-7-15)22-16-4-2-1-3-5-16/h1-9,14,19H,10-13H2,(H,20,21). The second kappa shape index (κ2) is 7.09. The van der Waals surface area contributed by atoms with Crippen LogP contribution < -0.4 is 15.4 Å². The van der Waals surface area contributed by atoms with Gasteiger partial charge in [0.25, 0.3) is 0 Å². The third-order valence-corrected chi connectivity index (χ3v) is 3.81. The highest BCUT2D eigenvalue weighted by molar-refractivity contribution is 5.92. The first-order valence-electron chi connectivity index (χ1n) is 7.66. The largest absolute Gasteiger partial charge is 0.457 e. The molecule has 4 nitrogen and oxygen atoms in total. The molecule has 1 aliphatic rings. The minimum absolute atomic E-state index is 0.109. The van der Waals surface area contributed by atoms with Gasteiger partial charge in [-0.15, -0.1) is 0 Å². The molecule has 3 rings (SSSR count). The molecule has 0 radical (unpaired) electrons. The summed E-state index contributed by atoms with van der Waals surface area (Å²) in [5, 5.41) is 6.25. The number of hydrogen-bond acceptors (Lipinski definition) is 3. The maximum Gasteiger partial charge on any atom is 0.227 e. The smallest absolute Gasteiger partial charge is 0.227 e. The van der Waals surface area contributed by atoms with Gasteiger partial charge in [0.2, 0.25) is 5.91 Å². The number of para-hydroxylation sites is 1. The molecule has 2 N–H and O–H groups in total. The fourth-order valence-electron chi connectivity index (χ4n) is 2.56. The molecular weight excluding hydrogens is 276 g/mol. The van der Waals surface area contributed by atoms with Gasteiger partial charge in [0.05, 0.1) is 0 Å². The number of benzene rings is 2. The van der Waals surface area contributed by atoms with E-state index in [1.54, 1.807) is 0 Å². The molecule has 1 aliphatic heterocycles. The van der Waals surface area contributed by atoms with Crippen LogP contribution in [0.5, 0.6) is 11.5 Å². The van der Waals surface area contributed by atoms with E-state index in [1.807, 2.05) is 54.6 Å². The fraction of sp³-hybridized carbons (Fsp3) is 0.278. The van der Waals surface area contributed by atoms with Crippen molar-refractivity contribution in [1.82, 2.24) is 5.32 Å². The second-order valence-electron chi connectivity index (χ2n) is 5.45. The van der Waals surface area contributed by atoms with Gasteiger partial charge in [-0.3, -0.25) is 4.79 Å². The first kappa shape index (κ1) is 14.6. The number of amides is 1. The molecule has 0 atom stereocenters. The predicted octanol–water partition coefficient (Wildman–Crippen LogP) is 3.42. The molecule has 0 aliphatic carbocycles. The first-order chi connectivity index (χ1) is 10.8. The summed E-state index contributed by atoms with van der Waals surface area (Å²) in [6.07, 6.45) is 1.81. The molecule has 4 heteroatoms. The van der Waals surface area contributed by atoms with Crippen LogP contribution in [-0.2, 0) is 4.79 Å². The van der Waals surface area contributed by atoms with Crippen LogP contribution in [0.4, 0.5) is 5.69 Å². The Kier molecular flexibility index (Phi) is 4.71. The molecular formula is C18H20N2O2. The van der Waals surface area contributed by atoms with Crippen molar-refractivity contribution in [3.8, 4) is 11.5 Å². The lowest BCUT2D eigenvalue weighted by Gasteiger charge is -2.21. The molecule has 2 aromatic carbocycles. The highest BCUT2D eigenvalue weighted by Crippen LogP contribution is 2.23. The number of rotatable bonds is 4. The summed E-state index contributed by atoms with van der Waals surface area (Å²) in [5.74, 6) is 1.78. The summed E-state index contributed by atoms with van der Waals surface area (Å²) in [5.41, 5.74) is 0.809. The Morgan fingerprint density at radius 3 is 2.27 bits per heavy atom. The maximum atomic E-state index is 12.2. The minimum Gasteiger partial charge on any atom is -0.457 e. The van der Waals surface area contributed by atoms with Gasteiger partial charge < -0.3 is 15.4 Å². The van der Waals surface area contributed by atoms with Gasteiger partial charge in [-0.2, -0.15) is 0 Å². The lowest BCUT2D eigenvalue weighted by atomic mass is 9.97. The van der Waals surface area contributed by atoms with E-state index in [4.69, 9.17) is 4.74 Å². The van der Waals surface area contributed by atoms with E-state index in [0.29, 0.717) is 0 Å². The summed E-state index contributed by atoms with van der Waals surface area (Å²) >= 11 is 0. The number of carbonyl (C=O) groups is 1. The molecule has 1 heterocycles. The predicted molar refractivity (Wildman–Crippen MR) is 87.2 cm³/mol. The molecule has 1 fully saturated rings. The van der Waals surface area contributed by atoms with E-state index in [0.717, 1.165) is 43.1 Å². The van der Waals surface area contributed by atoms with Crippen LogP contribution in [0.25, 0.3) is 0 Å². The van der Waals surface area contributed by atoms with Gasteiger partial charge in [-0.1, -0.05) is 18.2 Å². The van der Waals surface area contributed by atoms with E-state index in [1.165, 1.54) is 0 Å². The van der Waals surface area contributed by atoms with Gasteiger partial charge in [0.1, 0.15) is 11.5 Å². The highest BCUT2D eigenvalue weighted by atomic mass is 16.5. The van der Waals surface area contributed by atoms with Gasteiger partial charge in [0, 0.05) is 11.6 Å². The normalized spacial score (nSPS) is 15.3. The Hall–Kier alpha value is -2.33. The van der Waals surface area contributed by atoms with E-state index < -0.39 is 0 Å². The van der Waals surface area contributed by atoms with Crippen molar-refractivity contribution in [3.63, 3.8) is 0 Å². The number of piperidine rings is 1. The van der Waals surface area contributed by atoms with E-state index >= 15 is 0 Å². The average molecular weight is 296 g/mol. The van der Waals surface area contributed by atoms with Crippen molar-refractivity contribution in [2.24, 2.45) is 5.92 Å². The quantitative estimate of drug-likeness (QED) is 0.909. The topological polar surface area (TPSA) is 50.4 Å². The van der Waals surface area contributed by atoms with Crippen LogP contribution in [0.3, 0.4) is 0 Å². The highest BCUT2D eigenvalue weighted by Gasteiger charge is 2.20. The summed E-state index contributed by atoms with van der Waals surface area (Å²) in [6, 6.07) is 17.1. The average Bonchev–Trinajstić information content (AvgIpc) is 2.58. The SMILES string of the molecule is O=C(Nc1ccc(Oc2ccccc2)cc1)C1CCNCC1. The van der Waals surface area contributed by atoms with Crippen molar-refractivity contribution in [3.05, 3.63) is 54.6 Å². The Morgan fingerprint density at radius 2 is 1.59 bits per heavy atom. The van der Waals surface area contributed by atoms with E-state index in [-0.39, 0.29) is 11.8 Å². The van der Waals surface area contributed by atoms with E-state index in [2.05, 4.69) is 10.6 Å². The second-order valence-corrected chi connectivity index (χ2v) is 5.45. The van der Waals surface area contributed by atoms with Crippen LogP contribution in [0.2, 0.25) is 0 Å². The molecule has 0 aromatic heterocycles. The van der Waals surface area contributed by atoms with Crippen LogP contribution in [0, 0.1) is 5.92 Å². The van der Waals surface area contributed by atoms with Crippen LogP contribution >= 0.6 is 0 Å². The molecule has 1 amide bonds.